The highest BCUT2D eigenvalue weighted by molar-refractivity contribution is 6.30. The second-order valence-electron chi connectivity index (χ2n) is 3.98. The largest absolute Gasteiger partial charge is 0.384 e. The highest BCUT2D eigenvalue weighted by Gasteiger charge is 2.37. The van der Waals surface area contributed by atoms with Gasteiger partial charge in [0.25, 0.3) is 0 Å². The molecule has 1 aromatic carbocycles. The molecular weight excluding hydrogens is 250 g/mol. The molecule has 1 aliphatic heterocycles. The normalized spacial score (nSPS) is 21.7. The number of aliphatic imine (C=N–C) groups is 1. The van der Waals surface area contributed by atoms with Crippen LogP contribution in [-0.2, 0) is 0 Å². The fourth-order valence-corrected chi connectivity index (χ4v) is 2.22. The molecule has 0 bridgehead atoms. The molecule has 2 rings (SSSR count). The van der Waals surface area contributed by atoms with E-state index in [4.69, 9.17) is 16.9 Å². The highest BCUT2D eigenvalue weighted by atomic mass is 35.5. The summed E-state index contributed by atoms with van der Waals surface area (Å²) in [6.07, 6.45) is 3.93. The van der Waals surface area contributed by atoms with Crippen LogP contribution in [0.2, 0.25) is 5.02 Å². The number of aliphatic hydroxyl groups is 1. The smallest absolute Gasteiger partial charge is 0.238 e. The van der Waals surface area contributed by atoms with Gasteiger partial charge in [-0.3, -0.25) is 0 Å². The Kier molecular flexibility index (Phi) is 3.78. The van der Waals surface area contributed by atoms with Crippen molar-refractivity contribution < 1.29 is 5.11 Å². The van der Waals surface area contributed by atoms with Crippen LogP contribution in [-0.4, -0.2) is 24.1 Å². The van der Waals surface area contributed by atoms with Crippen LogP contribution in [0.3, 0.4) is 0 Å². The number of hydrogen-bond acceptors (Lipinski definition) is 3. The van der Waals surface area contributed by atoms with Crippen LogP contribution >= 0.6 is 11.6 Å². The summed E-state index contributed by atoms with van der Waals surface area (Å²) >= 11 is 5.88. The first-order valence-electron chi connectivity index (χ1n) is 5.59. The Morgan fingerprint density at radius 3 is 2.67 bits per heavy atom. The van der Waals surface area contributed by atoms with E-state index in [-0.39, 0.29) is 6.61 Å². The highest BCUT2D eigenvalue weighted by Crippen LogP contribution is 2.29. The minimum Gasteiger partial charge on any atom is -0.384 e. The Bertz CT molecular complexity index is 530. The van der Waals surface area contributed by atoms with Gasteiger partial charge in [-0.1, -0.05) is 11.6 Å². The van der Waals surface area contributed by atoms with Crippen LogP contribution in [0.4, 0.5) is 5.69 Å². The molecule has 4 nitrogen and oxygen atoms in total. The number of quaternary nitrogens is 1. The number of amidine groups is 1. The van der Waals surface area contributed by atoms with Crippen LogP contribution in [0.1, 0.15) is 6.42 Å². The van der Waals surface area contributed by atoms with Crippen molar-refractivity contribution in [2.24, 2.45) is 4.99 Å². The van der Waals surface area contributed by atoms with Gasteiger partial charge in [-0.05, 0) is 12.1 Å². The lowest BCUT2D eigenvalue weighted by molar-refractivity contribution is 0.340. The minimum absolute atomic E-state index is 0.138. The van der Waals surface area contributed by atoms with Gasteiger partial charge in [-0.25, -0.2) is 9.48 Å². The van der Waals surface area contributed by atoms with Crippen LogP contribution in [0.25, 0.3) is 0 Å². The first-order valence-corrected chi connectivity index (χ1v) is 5.97. The topological polar surface area (TPSA) is 56.4 Å². The number of nitriles is 1. The Hall–Kier alpha value is -1.67. The average Bonchev–Trinajstić information content (AvgIpc) is 2.81. The van der Waals surface area contributed by atoms with Crippen LogP contribution < -0.4 is 4.48 Å². The molecule has 0 saturated heterocycles. The maximum absolute atomic E-state index is 9.42. The van der Waals surface area contributed by atoms with Crippen LogP contribution in [0.5, 0.6) is 0 Å². The Morgan fingerprint density at radius 2 is 2.06 bits per heavy atom. The molecule has 1 unspecified atom stereocenters. The lowest BCUT2D eigenvalue weighted by atomic mass is 10.2. The summed E-state index contributed by atoms with van der Waals surface area (Å²) in [6, 6.07) is 9.50. The van der Waals surface area contributed by atoms with Gasteiger partial charge in [-0.2, -0.15) is 5.26 Å². The maximum atomic E-state index is 9.42. The third-order valence-electron chi connectivity index (χ3n) is 3.01. The van der Waals surface area contributed by atoms with Gasteiger partial charge in [-0.15, -0.1) is 0 Å². The van der Waals surface area contributed by atoms with Crippen molar-refractivity contribution in [1.29, 1.82) is 5.26 Å². The molecule has 5 heteroatoms. The monoisotopic (exact) mass is 262 g/mol. The number of aliphatic hydroxyl groups excluding tert-OH is 1. The second-order valence-corrected chi connectivity index (χ2v) is 4.41. The van der Waals surface area contributed by atoms with E-state index in [0.29, 0.717) is 28.3 Å². The first-order chi connectivity index (χ1) is 8.73. The standard InChI is InChI=1S/C13H13ClN3O/c14-11-2-4-12(5-3-11)17(8-1-6-15)9-7-16-13(17)10-18/h2-5,7,9,18H,1,8,10H2/q+1. The molecule has 1 N–H and O–H groups in total. The summed E-state index contributed by atoms with van der Waals surface area (Å²) in [7, 11) is 0. The summed E-state index contributed by atoms with van der Waals surface area (Å²) in [5.74, 6) is 0.618. The molecule has 0 spiro atoms. The number of halogens is 1. The molecule has 1 heterocycles. The van der Waals surface area contributed by atoms with Gasteiger partial charge in [0, 0.05) is 17.2 Å². The molecule has 0 saturated carbocycles. The molecule has 1 atom stereocenters. The first kappa shape index (κ1) is 12.8. The van der Waals surface area contributed by atoms with Gasteiger partial charge in [0.1, 0.15) is 25.0 Å². The van der Waals surface area contributed by atoms with Crippen molar-refractivity contribution in [3.8, 4) is 6.07 Å². The zero-order valence-electron chi connectivity index (χ0n) is 9.75. The molecule has 92 valence electrons. The molecule has 18 heavy (non-hydrogen) atoms. The van der Waals surface area contributed by atoms with E-state index in [1.54, 1.807) is 18.3 Å². The summed E-state index contributed by atoms with van der Waals surface area (Å²) in [5, 5.41) is 18.9. The lowest BCUT2D eigenvalue weighted by Crippen LogP contribution is -2.49. The summed E-state index contributed by atoms with van der Waals surface area (Å²) in [6.45, 7) is 0.412. The van der Waals surface area contributed by atoms with E-state index in [9.17, 15) is 5.11 Å². The third kappa shape index (κ3) is 2.16. The summed E-state index contributed by atoms with van der Waals surface area (Å²) < 4.78 is 0.293. The van der Waals surface area contributed by atoms with Gasteiger partial charge in [0.15, 0.2) is 0 Å². The van der Waals surface area contributed by atoms with Gasteiger partial charge in [0.05, 0.1) is 18.7 Å². The SMILES string of the molecule is N#CCC[N+]1(c2ccc(Cl)cc2)C=CN=C1CO. The van der Waals surface area contributed by atoms with Crippen molar-refractivity contribution in [1.82, 2.24) is 4.48 Å². The van der Waals surface area contributed by atoms with E-state index in [1.807, 2.05) is 18.3 Å². The molecule has 0 radical (unpaired) electrons. The van der Waals surface area contributed by atoms with E-state index in [2.05, 4.69) is 11.1 Å². The van der Waals surface area contributed by atoms with Crippen LogP contribution in [0.15, 0.2) is 41.7 Å². The fraction of sp³-hybridized carbons (Fsp3) is 0.231. The lowest BCUT2D eigenvalue weighted by Gasteiger charge is -2.30. The Morgan fingerprint density at radius 1 is 1.33 bits per heavy atom. The second kappa shape index (κ2) is 5.32. The summed E-state index contributed by atoms with van der Waals surface area (Å²) in [4.78, 5) is 4.18. The van der Waals surface area contributed by atoms with Crippen molar-refractivity contribution in [3.63, 3.8) is 0 Å². The molecular formula is C13H13ClN3O+. The minimum atomic E-state index is -0.138. The van der Waals surface area contributed by atoms with Gasteiger partial charge < -0.3 is 5.11 Å². The quantitative estimate of drug-likeness (QED) is 0.848. The number of nitrogens with zero attached hydrogens (tertiary/aromatic N) is 3. The van der Waals surface area contributed by atoms with Gasteiger partial charge in [0.2, 0.25) is 5.84 Å². The number of hydrogen-bond donors (Lipinski definition) is 1. The van der Waals surface area contributed by atoms with E-state index < -0.39 is 0 Å². The third-order valence-corrected chi connectivity index (χ3v) is 3.26. The van der Waals surface area contributed by atoms with Crippen molar-refractivity contribution in [3.05, 3.63) is 41.7 Å². The zero-order chi connectivity index (χ0) is 13.0. The molecule has 0 fully saturated rings. The molecule has 1 aromatic rings. The molecule has 0 aliphatic carbocycles. The summed E-state index contributed by atoms with van der Waals surface area (Å²) in [5.41, 5.74) is 0.941. The Labute approximate surface area is 111 Å². The van der Waals surface area contributed by atoms with Gasteiger partial charge >= 0.3 is 0 Å². The van der Waals surface area contributed by atoms with Crippen molar-refractivity contribution in [2.75, 3.05) is 13.2 Å². The average molecular weight is 263 g/mol. The molecule has 0 amide bonds. The van der Waals surface area contributed by atoms with E-state index >= 15 is 0 Å². The predicted octanol–water partition coefficient (Wildman–Crippen LogP) is 2.44. The van der Waals surface area contributed by atoms with E-state index in [0.717, 1.165) is 5.69 Å². The maximum Gasteiger partial charge on any atom is 0.238 e. The molecule has 0 aromatic heterocycles. The zero-order valence-corrected chi connectivity index (χ0v) is 10.5. The molecule has 1 aliphatic rings. The number of benzene rings is 1. The fourth-order valence-electron chi connectivity index (χ4n) is 2.09. The predicted molar refractivity (Wildman–Crippen MR) is 72.0 cm³/mol. The van der Waals surface area contributed by atoms with E-state index in [1.165, 1.54) is 0 Å². The van der Waals surface area contributed by atoms with Crippen molar-refractivity contribution >= 4 is 23.1 Å². The van der Waals surface area contributed by atoms with Crippen molar-refractivity contribution in [2.45, 2.75) is 6.42 Å². The number of rotatable bonds is 4. The Balaban J connectivity index is 2.43. The van der Waals surface area contributed by atoms with Crippen LogP contribution in [0, 0.1) is 11.3 Å².